The second-order valence-corrected chi connectivity index (χ2v) is 4.98. The number of Topliss-reactive ketones (excluding diaryl/α,β-unsaturated/α-hetero) is 1. The van der Waals surface area contributed by atoms with E-state index >= 15 is 0 Å². The van der Waals surface area contributed by atoms with Crippen LogP contribution in [0.25, 0.3) is 0 Å². The van der Waals surface area contributed by atoms with Crippen LogP contribution >= 0.6 is 0 Å². The third-order valence-electron chi connectivity index (χ3n) is 3.94. The average Bonchev–Trinajstić information content (AvgIpc) is 2.73. The fourth-order valence-corrected chi connectivity index (χ4v) is 3.07. The van der Waals surface area contributed by atoms with Gasteiger partial charge in [-0.15, -0.1) is 0 Å². The molecule has 0 bridgehead atoms. The van der Waals surface area contributed by atoms with Crippen LogP contribution in [-0.4, -0.2) is 29.8 Å². The zero-order valence-electron chi connectivity index (χ0n) is 9.43. The summed E-state index contributed by atoms with van der Waals surface area (Å²) in [5.74, 6) is 1.09. The maximum absolute atomic E-state index is 11.4. The zero-order valence-corrected chi connectivity index (χ0v) is 9.43. The van der Waals surface area contributed by atoms with Gasteiger partial charge in [-0.1, -0.05) is 30.3 Å². The molecule has 2 aliphatic rings. The Morgan fingerprint density at radius 2 is 2.00 bits per heavy atom. The number of carbonyl (C=O) groups is 1. The smallest absolute Gasteiger partial charge is 0.135 e. The van der Waals surface area contributed by atoms with Crippen LogP contribution in [0, 0.1) is 0 Å². The average molecular weight is 215 g/mol. The second-order valence-electron chi connectivity index (χ2n) is 4.98. The molecule has 0 aromatic heterocycles. The highest BCUT2D eigenvalue weighted by atomic mass is 16.1. The minimum Gasteiger partial charge on any atom is -0.300 e. The summed E-state index contributed by atoms with van der Waals surface area (Å²) in [5.41, 5.74) is 1.43. The van der Waals surface area contributed by atoms with Crippen LogP contribution in [0.15, 0.2) is 30.3 Å². The van der Waals surface area contributed by atoms with Gasteiger partial charge in [0.25, 0.3) is 0 Å². The molecule has 0 aliphatic carbocycles. The minimum absolute atomic E-state index is 0.454. The van der Waals surface area contributed by atoms with E-state index in [1.165, 1.54) is 5.56 Å². The molecule has 2 unspecified atom stereocenters. The highest BCUT2D eigenvalue weighted by Crippen LogP contribution is 2.35. The van der Waals surface area contributed by atoms with Gasteiger partial charge < -0.3 is 0 Å². The summed E-state index contributed by atoms with van der Waals surface area (Å²) in [7, 11) is 0. The summed E-state index contributed by atoms with van der Waals surface area (Å²) in [6.45, 7) is 2.12. The SMILES string of the molecule is O=C1CCN2CC(c3ccccc3)CC2C1. The summed E-state index contributed by atoms with van der Waals surface area (Å²) < 4.78 is 0. The van der Waals surface area contributed by atoms with Gasteiger partial charge in [-0.25, -0.2) is 0 Å². The summed E-state index contributed by atoms with van der Waals surface area (Å²) in [6.07, 6.45) is 2.71. The van der Waals surface area contributed by atoms with Crippen molar-refractivity contribution in [2.24, 2.45) is 0 Å². The first-order valence-electron chi connectivity index (χ1n) is 6.13. The Morgan fingerprint density at radius 3 is 2.81 bits per heavy atom. The molecule has 0 N–H and O–H groups in total. The second kappa shape index (κ2) is 4.02. The van der Waals surface area contributed by atoms with Crippen molar-refractivity contribution >= 4 is 5.78 Å². The third kappa shape index (κ3) is 1.78. The number of ketones is 1. The van der Waals surface area contributed by atoms with Crippen molar-refractivity contribution in [2.75, 3.05) is 13.1 Å². The maximum Gasteiger partial charge on any atom is 0.135 e. The van der Waals surface area contributed by atoms with Gasteiger partial charge in [0.1, 0.15) is 5.78 Å². The number of carbonyl (C=O) groups excluding carboxylic acids is 1. The first-order valence-corrected chi connectivity index (χ1v) is 6.13. The van der Waals surface area contributed by atoms with Crippen LogP contribution in [0.5, 0.6) is 0 Å². The largest absolute Gasteiger partial charge is 0.300 e. The Kier molecular flexibility index (Phi) is 2.52. The van der Waals surface area contributed by atoms with E-state index in [1.54, 1.807) is 0 Å². The molecule has 2 aliphatic heterocycles. The van der Waals surface area contributed by atoms with Gasteiger partial charge in [-0.3, -0.25) is 9.69 Å². The van der Waals surface area contributed by atoms with Gasteiger partial charge in [-0.2, -0.15) is 0 Å². The molecule has 2 fully saturated rings. The Bertz CT molecular complexity index is 387. The first kappa shape index (κ1) is 10.0. The Hall–Kier alpha value is -1.15. The number of hydrogen-bond donors (Lipinski definition) is 0. The fourth-order valence-electron chi connectivity index (χ4n) is 3.07. The quantitative estimate of drug-likeness (QED) is 0.716. The van der Waals surface area contributed by atoms with Gasteiger partial charge in [0, 0.05) is 32.0 Å². The highest BCUT2D eigenvalue weighted by Gasteiger charge is 2.36. The Balaban J connectivity index is 1.75. The lowest BCUT2D eigenvalue weighted by atomic mass is 9.94. The lowest BCUT2D eigenvalue weighted by Gasteiger charge is -2.27. The third-order valence-corrected chi connectivity index (χ3v) is 3.94. The predicted molar refractivity (Wildman–Crippen MR) is 63.4 cm³/mol. The number of nitrogens with zero attached hydrogens (tertiary/aromatic N) is 1. The summed E-state index contributed by atoms with van der Waals surface area (Å²) in [4.78, 5) is 13.9. The van der Waals surface area contributed by atoms with Crippen LogP contribution in [0.4, 0.5) is 0 Å². The van der Waals surface area contributed by atoms with Crippen molar-refractivity contribution in [3.05, 3.63) is 35.9 Å². The van der Waals surface area contributed by atoms with E-state index < -0.39 is 0 Å². The predicted octanol–water partition coefficient (Wildman–Crippen LogP) is 2.21. The van der Waals surface area contributed by atoms with Crippen LogP contribution in [0.3, 0.4) is 0 Å². The molecule has 2 atom stereocenters. The van der Waals surface area contributed by atoms with Crippen molar-refractivity contribution < 1.29 is 4.79 Å². The number of piperidine rings is 1. The van der Waals surface area contributed by atoms with Crippen LogP contribution < -0.4 is 0 Å². The van der Waals surface area contributed by atoms with Crippen molar-refractivity contribution in [1.29, 1.82) is 0 Å². The topological polar surface area (TPSA) is 20.3 Å². The lowest BCUT2D eigenvalue weighted by Crippen LogP contribution is -2.38. The number of fused-ring (bicyclic) bond motifs is 1. The van der Waals surface area contributed by atoms with Crippen molar-refractivity contribution in [2.45, 2.75) is 31.2 Å². The van der Waals surface area contributed by atoms with Crippen LogP contribution in [-0.2, 0) is 4.79 Å². The molecule has 2 heteroatoms. The molecule has 0 amide bonds. The minimum atomic E-state index is 0.454. The monoisotopic (exact) mass is 215 g/mol. The molecule has 2 saturated heterocycles. The van der Waals surface area contributed by atoms with Gasteiger partial charge in [0.15, 0.2) is 0 Å². The summed E-state index contributed by atoms with van der Waals surface area (Å²) in [5, 5.41) is 0. The molecule has 84 valence electrons. The normalized spacial score (nSPS) is 30.4. The molecule has 3 rings (SSSR count). The molecule has 0 spiro atoms. The Labute approximate surface area is 96.3 Å². The standard InChI is InChI=1S/C14H17NO/c16-14-6-7-15-10-12(8-13(15)9-14)11-4-2-1-3-5-11/h1-5,12-13H,6-10H2. The fraction of sp³-hybridized carbons (Fsp3) is 0.500. The molecule has 2 nitrogen and oxygen atoms in total. The van der Waals surface area contributed by atoms with Crippen molar-refractivity contribution in [1.82, 2.24) is 4.90 Å². The van der Waals surface area contributed by atoms with E-state index in [0.717, 1.165) is 32.4 Å². The molecular formula is C14H17NO. The molecule has 16 heavy (non-hydrogen) atoms. The number of benzene rings is 1. The van der Waals surface area contributed by atoms with Crippen LogP contribution in [0.1, 0.15) is 30.7 Å². The van der Waals surface area contributed by atoms with Crippen molar-refractivity contribution in [3.63, 3.8) is 0 Å². The van der Waals surface area contributed by atoms with Gasteiger partial charge in [-0.05, 0) is 17.9 Å². The molecule has 2 heterocycles. The summed E-state index contributed by atoms with van der Waals surface area (Å²) in [6, 6.07) is 11.2. The van der Waals surface area contributed by atoms with Gasteiger partial charge in [0.2, 0.25) is 0 Å². The van der Waals surface area contributed by atoms with E-state index in [1.807, 2.05) is 0 Å². The number of rotatable bonds is 1. The first-order chi connectivity index (χ1) is 7.83. The van der Waals surface area contributed by atoms with Gasteiger partial charge in [0.05, 0.1) is 0 Å². The van der Waals surface area contributed by atoms with Crippen LogP contribution in [0.2, 0.25) is 0 Å². The van der Waals surface area contributed by atoms with Gasteiger partial charge >= 0.3 is 0 Å². The van der Waals surface area contributed by atoms with E-state index in [2.05, 4.69) is 35.2 Å². The Morgan fingerprint density at radius 1 is 1.19 bits per heavy atom. The lowest BCUT2D eigenvalue weighted by molar-refractivity contribution is -0.122. The van der Waals surface area contributed by atoms with E-state index in [9.17, 15) is 4.79 Å². The maximum atomic E-state index is 11.4. The van der Waals surface area contributed by atoms with E-state index in [4.69, 9.17) is 0 Å². The molecule has 0 radical (unpaired) electrons. The molecular weight excluding hydrogens is 198 g/mol. The molecule has 1 aromatic rings. The van der Waals surface area contributed by atoms with E-state index in [-0.39, 0.29) is 0 Å². The van der Waals surface area contributed by atoms with Crippen molar-refractivity contribution in [3.8, 4) is 0 Å². The number of hydrogen-bond acceptors (Lipinski definition) is 2. The highest BCUT2D eigenvalue weighted by molar-refractivity contribution is 5.80. The van der Waals surface area contributed by atoms with E-state index in [0.29, 0.717) is 17.7 Å². The summed E-state index contributed by atoms with van der Waals surface area (Å²) >= 11 is 0. The molecule has 1 aromatic carbocycles. The molecule has 0 saturated carbocycles. The zero-order chi connectivity index (χ0) is 11.0.